The Morgan fingerprint density at radius 2 is 1.71 bits per heavy atom. The Balaban J connectivity index is 1.05. The second-order valence-corrected chi connectivity index (χ2v) is 13.6. The summed E-state index contributed by atoms with van der Waals surface area (Å²) in [5.74, 6) is 0.393. The number of pyridine rings is 1. The number of anilines is 2. The van der Waals surface area contributed by atoms with Crippen LogP contribution in [0.5, 0.6) is 0 Å². The van der Waals surface area contributed by atoms with Gasteiger partial charge in [-0.15, -0.1) is 0 Å². The molecule has 1 saturated heterocycles. The molecule has 0 aliphatic carbocycles. The molecule has 1 aliphatic heterocycles. The smallest absolute Gasteiger partial charge is 0.269 e. The van der Waals surface area contributed by atoms with E-state index in [0.717, 1.165) is 18.4 Å². The molecule has 0 unspecified atom stereocenters. The Kier molecular flexibility index (Phi) is 9.60. The first-order valence-corrected chi connectivity index (χ1v) is 17.0. The Labute approximate surface area is 279 Å². The van der Waals surface area contributed by atoms with E-state index in [1.807, 2.05) is 36.0 Å². The maximum absolute atomic E-state index is 13.2. The predicted molar refractivity (Wildman–Crippen MR) is 185 cm³/mol. The summed E-state index contributed by atoms with van der Waals surface area (Å²) in [5.41, 5.74) is 2.92. The summed E-state index contributed by atoms with van der Waals surface area (Å²) in [5, 5.41) is 6.96. The molecule has 12 nitrogen and oxygen atoms in total. The third-order valence-corrected chi connectivity index (χ3v) is 9.71. The number of likely N-dealkylation sites (tertiary alicyclic amines) is 1. The first-order chi connectivity index (χ1) is 23.2. The molecule has 13 heteroatoms. The van der Waals surface area contributed by atoms with E-state index in [9.17, 15) is 18.0 Å². The van der Waals surface area contributed by atoms with Gasteiger partial charge < -0.3 is 20.4 Å². The number of amides is 2. The van der Waals surface area contributed by atoms with Crippen LogP contribution in [0.1, 0.15) is 23.2 Å². The van der Waals surface area contributed by atoms with Gasteiger partial charge in [-0.25, -0.2) is 27.3 Å². The first kappa shape index (κ1) is 32.5. The highest BCUT2D eigenvalue weighted by Crippen LogP contribution is 2.26. The van der Waals surface area contributed by atoms with Gasteiger partial charge in [0.2, 0.25) is 5.91 Å². The van der Waals surface area contributed by atoms with E-state index in [0.29, 0.717) is 53.4 Å². The molecule has 0 bridgehead atoms. The highest BCUT2D eigenvalue weighted by molar-refractivity contribution is 7.90. The molecule has 2 aromatic carbocycles. The molecule has 246 valence electrons. The number of carbonyl (C=O) groups is 2. The Morgan fingerprint density at radius 1 is 0.958 bits per heavy atom. The number of fused-ring (bicyclic) bond motifs is 1. The number of piperidine rings is 1. The second-order valence-electron chi connectivity index (χ2n) is 11.8. The Bertz CT molecular complexity index is 2050. The summed E-state index contributed by atoms with van der Waals surface area (Å²) in [7, 11) is 0.0762. The van der Waals surface area contributed by atoms with Gasteiger partial charge in [0.05, 0.1) is 10.6 Å². The fourth-order valence-corrected chi connectivity index (χ4v) is 6.83. The van der Waals surface area contributed by atoms with Crippen LogP contribution in [0.4, 0.5) is 11.5 Å². The number of likely N-dealkylation sites (N-methyl/N-ethyl adjacent to an activating group) is 1. The van der Waals surface area contributed by atoms with E-state index in [1.54, 1.807) is 72.9 Å². The third kappa shape index (κ3) is 7.42. The zero-order chi connectivity index (χ0) is 33.7. The summed E-state index contributed by atoms with van der Waals surface area (Å²) in [6, 6.07) is 20.7. The lowest BCUT2D eigenvalue weighted by atomic mass is 10.0. The molecule has 0 saturated carbocycles. The molecular formula is C35H36N8O4S. The fraction of sp³-hybridized carbons (Fsp3) is 0.229. The van der Waals surface area contributed by atoms with Gasteiger partial charge in [0, 0.05) is 72.4 Å². The molecule has 48 heavy (non-hydrogen) atoms. The van der Waals surface area contributed by atoms with Crippen LogP contribution in [-0.2, 0) is 14.8 Å². The minimum absolute atomic E-state index is 0.0465. The van der Waals surface area contributed by atoms with Crippen LogP contribution >= 0.6 is 0 Å². The summed E-state index contributed by atoms with van der Waals surface area (Å²) in [4.78, 5) is 42.6. The third-order valence-electron chi connectivity index (χ3n) is 8.03. The molecule has 2 N–H and O–H groups in total. The largest absolute Gasteiger partial charge is 0.367 e. The number of nitrogens with zero attached hydrogens (tertiary/aromatic N) is 6. The summed E-state index contributed by atoms with van der Waals surface area (Å²) < 4.78 is 27.5. The van der Waals surface area contributed by atoms with Crippen LogP contribution in [0.2, 0.25) is 0 Å². The Hall–Kier alpha value is -5.40. The van der Waals surface area contributed by atoms with Crippen LogP contribution in [0, 0.1) is 0 Å². The van der Waals surface area contributed by atoms with E-state index in [2.05, 4.69) is 25.6 Å². The number of nitrogens with one attached hydrogen (secondary N) is 2. The molecule has 5 aromatic rings. The van der Waals surface area contributed by atoms with Gasteiger partial charge in [-0.1, -0.05) is 24.3 Å². The lowest BCUT2D eigenvalue weighted by Gasteiger charge is -2.32. The van der Waals surface area contributed by atoms with Crippen molar-refractivity contribution in [1.82, 2.24) is 28.7 Å². The minimum Gasteiger partial charge on any atom is -0.367 e. The highest BCUT2D eigenvalue weighted by Gasteiger charge is 2.24. The molecular weight excluding hydrogens is 629 g/mol. The van der Waals surface area contributed by atoms with Crippen molar-refractivity contribution in [1.29, 1.82) is 0 Å². The zero-order valence-corrected chi connectivity index (χ0v) is 27.5. The first-order valence-electron chi connectivity index (χ1n) is 15.6. The molecule has 4 heterocycles. The second kappa shape index (κ2) is 14.2. The topological polar surface area (TPSA) is 142 Å². The quantitative estimate of drug-likeness (QED) is 0.206. The van der Waals surface area contributed by atoms with Gasteiger partial charge in [-0.05, 0) is 75.5 Å². The summed E-state index contributed by atoms with van der Waals surface area (Å²) in [6.07, 6.45) is 9.38. The minimum atomic E-state index is -3.78. The highest BCUT2D eigenvalue weighted by atomic mass is 32.2. The number of aromatic nitrogens is 4. The fourth-order valence-electron chi connectivity index (χ4n) is 5.50. The van der Waals surface area contributed by atoms with Crippen LogP contribution in [0.25, 0.3) is 22.3 Å². The van der Waals surface area contributed by atoms with E-state index in [-0.39, 0.29) is 22.8 Å². The molecule has 1 fully saturated rings. The van der Waals surface area contributed by atoms with Crippen molar-refractivity contribution in [2.45, 2.75) is 23.8 Å². The molecule has 0 radical (unpaired) electrons. The molecule has 0 spiro atoms. The normalized spacial score (nSPS) is 14.1. The lowest BCUT2D eigenvalue weighted by molar-refractivity contribution is -0.111. The van der Waals surface area contributed by atoms with Crippen molar-refractivity contribution >= 4 is 44.4 Å². The molecule has 1 aliphatic rings. The van der Waals surface area contributed by atoms with Crippen molar-refractivity contribution in [3.63, 3.8) is 0 Å². The number of hydrogen-bond donors (Lipinski definition) is 2. The van der Waals surface area contributed by atoms with E-state index in [1.165, 1.54) is 22.6 Å². The average Bonchev–Trinajstić information content (AvgIpc) is 3.53. The van der Waals surface area contributed by atoms with Crippen LogP contribution < -0.4 is 10.6 Å². The van der Waals surface area contributed by atoms with Crippen molar-refractivity contribution in [2.24, 2.45) is 0 Å². The van der Waals surface area contributed by atoms with Gasteiger partial charge in [-0.2, -0.15) is 0 Å². The van der Waals surface area contributed by atoms with Gasteiger partial charge in [0.25, 0.3) is 15.9 Å². The maximum Gasteiger partial charge on any atom is 0.269 e. The standard InChI is InChI=1S/C35H36N8O4S/c1-41(2)17-6-9-33(44)40-28-12-10-25(11-13-28)35(45)42-18-15-29(16-19-42)39-32-22-31(37-24-38-32)27-21-26-14-20-43(34(26)36-23-27)48(46,47)30-7-4-3-5-8-30/h3-14,20-24,29H,15-19H2,1-2H3,(H,40,44)(H,37,38,39)/b9-6+. The molecule has 3 aromatic heterocycles. The van der Waals surface area contributed by atoms with Gasteiger partial charge in [0.15, 0.2) is 5.65 Å². The summed E-state index contributed by atoms with van der Waals surface area (Å²) >= 11 is 0. The van der Waals surface area contributed by atoms with E-state index < -0.39 is 10.0 Å². The van der Waals surface area contributed by atoms with Crippen LogP contribution in [0.3, 0.4) is 0 Å². The monoisotopic (exact) mass is 664 g/mol. The summed E-state index contributed by atoms with van der Waals surface area (Å²) in [6.45, 7) is 1.85. The number of benzene rings is 2. The molecule has 6 rings (SSSR count). The molecule has 0 atom stereocenters. The van der Waals surface area contributed by atoms with Crippen molar-refractivity contribution in [3.05, 3.63) is 109 Å². The van der Waals surface area contributed by atoms with Crippen LogP contribution in [0.15, 0.2) is 109 Å². The van der Waals surface area contributed by atoms with Crippen molar-refractivity contribution in [2.75, 3.05) is 44.4 Å². The maximum atomic E-state index is 13.2. The van der Waals surface area contributed by atoms with E-state index >= 15 is 0 Å². The number of carbonyl (C=O) groups excluding carboxylic acids is 2. The predicted octanol–water partition coefficient (Wildman–Crippen LogP) is 4.50. The van der Waals surface area contributed by atoms with Gasteiger partial charge in [0.1, 0.15) is 12.1 Å². The zero-order valence-electron chi connectivity index (χ0n) is 26.7. The molecule has 2 amide bonds. The van der Waals surface area contributed by atoms with Crippen molar-refractivity contribution in [3.8, 4) is 11.3 Å². The average molecular weight is 665 g/mol. The Morgan fingerprint density at radius 3 is 2.44 bits per heavy atom. The van der Waals surface area contributed by atoms with Gasteiger partial charge in [-0.3, -0.25) is 9.59 Å². The lowest BCUT2D eigenvalue weighted by Crippen LogP contribution is -2.42. The number of rotatable bonds is 10. The van der Waals surface area contributed by atoms with Crippen LogP contribution in [-0.4, -0.2) is 88.7 Å². The van der Waals surface area contributed by atoms with Gasteiger partial charge >= 0.3 is 0 Å². The SMILES string of the molecule is CN(C)C/C=C/C(=O)Nc1ccc(C(=O)N2CCC(Nc3cc(-c4cnc5c(ccn5S(=O)(=O)c5ccccc5)c4)ncn3)CC2)cc1. The van der Waals surface area contributed by atoms with Crippen molar-refractivity contribution < 1.29 is 18.0 Å². The number of hydrogen-bond acceptors (Lipinski definition) is 9. The van der Waals surface area contributed by atoms with E-state index in [4.69, 9.17) is 0 Å².